The van der Waals surface area contributed by atoms with Gasteiger partial charge in [0.2, 0.25) is 5.91 Å². The second-order valence-electron chi connectivity index (χ2n) is 7.72. The normalized spacial score (nSPS) is 22.2. The number of anilines is 3. The van der Waals surface area contributed by atoms with E-state index < -0.39 is 0 Å². The van der Waals surface area contributed by atoms with Crippen molar-refractivity contribution in [2.45, 2.75) is 39.2 Å². The fourth-order valence-corrected chi connectivity index (χ4v) is 4.69. The lowest BCUT2D eigenvalue weighted by Crippen LogP contribution is -2.29. The van der Waals surface area contributed by atoms with E-state index in [1.54, 1.807) is 6.92 Å². The Hall–Kier alpha value is -2.75. The SMILES string of the molecule is CCN(CC)c1ccc(C2Nc3ccc(NC(C)=O)cc3C3C=CCC32)cc1. The number of benzene rings is 2. The van der Waals surface area contributed by atoms with Gasteiger partial charge < -0.3 is 15.5 Å². The van der Waals surface area contributed by atoms with Crippen molar-refractivity contribution in [3.05, 3.63) is 65.7 Å². The Labute approximate surface area is 167 Å². The molecule has 1 aliphatic heterocycles. The van der Waals surface area contributed by atoms with Crippen LogP contribution in [0.3, 0.4) is 0 Å². The summed E-state index contributed by atoms with van der Waals surface area (Å²) in [5, 5.41) is 6.69. The van der Waals surface area contributed by atoms with Gasteiger partial charge in [0.25, 0.3) is 0 Å². The molecular formula is C24H29N3O. The van der Waals surface area contributed by atoms with Crippen LogP contribution in [0.25, 0.3) is 0 Å². The third-order valence-corrected chi connectivity index (χ3v) is 6.06. The van der Waals surface area contributed by atoms with Crippen LogP contribution in [0.4, 0.5) is 17.1 Å². The average Bonchev–Trinajstić information content (AvgIpc) is 3.19. The van der Waals surface area contributed by atoms with Crippen LogP contribution in [-0.2, 0) is 4.79 Å². The molecule has 3 atom stereocenters. The topological polar surface area (TPSA) is 44.4 Å². The largest absolute Gasteiger partial charge is 0.378 e. The lowest BCUT2D eigenvalue weighted by atomic mass is 9.77. The molecule has 1 aliphatic carbocycles. The Kier molecular flexibility index (Phi) is 5.12. The van der Waals surface area contributed by atoms with Crippen LogP contribution in [0.1, 0.15) is 50.3 Å². The second kappa shape index (κ2) is 7.70. The molecule has 0 spiro atoms. The second-order valence-corrected chi connectivity index (χ2v) is 7.72. The van der Waals surface area contributed by atoms with Crippen molar-refractivity contribution in [3.8, 4) is 0 Å². The molecule has 28 heavy (non-hydrogen) atoms. The number of nitrogens with one attached hydrogen (secondary N) is 2. The Bertz CT molecular complexity index is 883. The monoisotopic (exact) mass is 375 g/mol. The van der Waals surface area contributed by atoms with Crippen LogP contribution in [0.2, 0.25) is 0 Å². The molecule has 4 nitrogen and oxygen atoms in total. The number of carbonyl (C=O) groups excluding carboxylic acids is 1. The molecule has 0 bridgehead atoms. The summed E-state index contributed by atoms with van der Waals surface area (Å²) in [6.45, 7) is 7.99. The first kappa shape index (κ1) is 18.6. The molecule has 2 N–H and O–H groups in total. The van der Waals surface area contributed by atoms with Gasteiger partial charge in [0, 0.05) is 43.0 Å². The molecule has 0 saturated heterocycles. The quantitative estimate of drug-likeness (QED) is 0.695. The molecule has 0 aromatic heterocycles. The number of carbonyl (C=O) groups is 1. The standard InChI is InChI=1S/C24H29N3O/c1-4-27(5-2)19-12-9-17(10-13-19)24-21-8-6-7-20(21)22-15-18(25-16(3)28)11-14-23(22)26-24/h6-7,9-15,20-21,24,26H,4-5,8H2,1-3H3,(H,25,28). The Balaban J connectivity index is 1.63. The number of allylic oxidation sites excluding steroid dienone is 2. The average molecular weight is 376 g/mol. The van der Waals surface area contributed by atoms with Gasteiger partial charge in [-0.25, -0.2) is 0 Å². The number of hydrogen-bond donors (Lipinski definition) is 2. The summed E-state index contributed by atoms with van der Waals surface area (Å²) >= 11 is 0. The number of nitrogens with zero attached hydrogens (tertiary/aromatic N) is 1. The van der Waals surface area contributed by atoms with Crippen LogP contribution < -0.4 is 15.5 Å². The summed E-state index contributed by atoms with van der Waals surface area (Å²) in [6.07, 6.45) is 5.71. The van der Waals surface area contributed by atoms with Crippen LogP contribution in [0, 0.1) is 5.92 Å². The molecular weight excluding hydrogens is 346 g/mol. The highest BCUT2D eigenvalue weighted by atomic mass is 16.1. The van der Waals surface area contributed by atoms with Crippen LogP contribution in [0.5, 0.6) is 0 Å². The van der Waals surface area contributed by atoms with Crippen LogP contribution in [0.15, 0.2) is 54.6 Å². The Morgan fingerprint density at radius 3 is 2.57 bits per heavy atom. The number of fused-ring (bicyclic) bond motifs is 3. The van der Waals surface area contributed by atoms with E-state index in [1.165, 1.54) is 22.5 Å². The molecule has 0 saturated carbocycles. The smallest absolute Gasteiger partial charge is 0.221 e. The zero-order valence-electron chi connectivity index (χ0n) is 16.9. The first-order valence-corrected chi connectivity index (χ1v) is 10.3. The molecule has 3 unspecified atom stereocenters. The molecule has 4 rings (SSSR count). The highest BCUT2D eigenvalue weighted by Gasteiger charge is 2.37. The van der Waals surface area contributed by atoms with Gasteiger partial charge in [-0.2, -0.15) is 0 Å². The van der Waals surface area contributed by atoms with Crippen molar-refractivity contribution in [1.29, 1.82) is 0 Å². The van der Waals surface area contributed by atoms with E-state index in [-0.39, 0.29) is 5.91 Å². The molecule has 146 valence electrons. The first-order valence-electron chi connectivity index (χ1n) is 10.3. The van der Waals surface area contributed by atoms with Crippen molar-refractivity contribution in [2.75, 3.05) is 28.6 Å². The van der Waals surface area contributed by atoms with Crippen molar-refractivity contribution >= 4 is 23.0 Å². The van der Waals surface area contributed by atoms with Gasteiger partial charge in [-0.3, -0.25) is 4.79 Å². The zero-order chi connectivity index (χ0) is 19.7. The minimum atomic E-state index is -0.0339. The van der Waals surface area contributed by atoms with E-state index in [0.29, 0.717) is 17.9 Å². The fraction of sp³-hybridized carbons (Fsp3) is 0.375. The van der Waals surface area contributed by atoms with E-state index in [1.807, 2.05) is 6.07 Å². The van der Waals surface area contributed by atoms with Crippen molar-refractivity contribution in [3.63, 3.8) is 0 Å². The predicted molar refractivity (Wildman–Crippen MR) is 117 cm³/mol. The summed E-state index contributed by atoms with van der Waals surface area (Å²) in [5.74, 6) is 0.852. The van der Waals surface area contributed by atoms with Gasteiger partial charge in [0.05, 0.1) is 6.04 Å². The first-order chi connectivity index (χ1) is 13.6. The Morgan fingerprint density at radius 2 is 1.89 bits per heavy atom. The van der Waals surface area contributed by atoms with Gasteiger partial charge in [0.1, 0.15) is 0 Å². The van der Waals surface area contributed by atoms with Crippen LogP contribution in [-0.4, -0.2) is 19.0 Å². The highest BCUT2D eigenvalue weighted by molar-refractivity contribution is 5.89. The maximum Gasteiger partial charge on any atom is 0.221 e. The van der Waals surface area contributed by atoms with E-state index in [4.69, 9.17) is 0 Å². The van der Waals surface area contributed by atoms with E-state index >= 15 is 0 Å². The minimum Gasteiger partial charge on any atom is -0.378 e. The summed E-state index contributed by atoms with van der Waals surface area (Å²) < 4.78 is 0. The molecule has 1 heterocycles. The summed E-state index contributed by atoms with van der Waals surface area (Å²) in [6, 6.07) is 15.5. The van der Waals surface area contributed by atoms with Gasteiger partial charge in [0.15, 0.2) is 0 Å². The maximum absolute atomic E-state index is 11.4. The predicted octanol–water partition coefficient (Wildman–Crippen LogP) is 5.32. The highest BCUT2D eigenvalue weighted by Crippen LogP contribution is 2.50. The van der Waals surface area contributed by atoms with E-state index in [0.717, 1.165) is 25.2 Å². The lowest BCUT2D eigenvalue weighted by molar-refractivity contribution is -0.114. The molecule has 0 fully saturated rings. The van der Waals surface area contributed by atoms with Crippen molar-refractivity contribution in [2.24, 2.45) is 5.92 Å². The summed E-state index contributed by atoms with van der Waals surface area (Å²) in [4.78, 5) is 13.8. The van der Waals surface area contributed by atoms with Crippen molar-refractivity contribution in [1.82, 2.24) is 0 Å². The molecule has 2 aromatic carbocycles. The third kappa shape index (κ3) is 3.39. The van der Waals surface area contributed by atoms with Gasteiger partial charge in [-0.15, -0.1) is 0 Å². The van der Waals surface area contributed by atoms with Gasteiger partial charge in [-0.1, -0.05) is 24.3 Å². The number of amides is 1. The van der Waals surface area contributed by atoms with Gasteiger partial charge in [-0.05, 0) is 67.6 Å². The third-order valence-electron chi connectivity index (χ3n) is 6.06. The lowest BCUT2D eigenvalue weighted by Gasteiger charge is -2.38. The molecule has 0 radical (unpaired) electrons. The van der Waals surface area contributed by atoms with Gasteiger partial charge >= 0.3 is 0 Å². The maximum atomic E-state index is 11.4. The molecule has 2 aliphatic rings. The number of hydrogen-bond acceptors (Lipinski definition) is 3. The van der Waals surface area contributed by atoms with E-state index in [9.17, 15) is 4.79 Å². The summed E-state index contributed by atoms with van der Waals surface area (Å²) in [7, 11) is 0. The van der Waals surface area contributed by atoms with Crippen LogP contribution >= 0.6 is 0 Å². The fourth-order valence-electron chi connectivity index (χ4n) is 4.69. The zero-order valence-corrected chi connectivity index (χ0v) is 16.9. The summed E-state index contributed by atoms with van der Waals surface area (Å²) in [5.41, 5.74) is 5.94. The minimum absolute atomic E-state index is 0.0339. The van der Waals surface area contributed by atoms with E-state index in [2.05, 4.69) is 77.9 Å². The molecule has 2 aromatic rings. The van der Waals surface area contributed by atoms with Crippen molar-refractivity contribution < 1.29 is 4.79 Å². The number of rotatable bonds is 5. The molecule has 1 amide bonds. The Morgan fingerprint density at radius 1 is 1.14 bits per heavy atom. The molecule has 4 heteroatoms.